The van der Waals surface area contributed by atoms with Gasteiger partial charge in [-0.05, 0) is 30.5 Å². The smallest absolute Gasteiger partial charge is 0.308 e. The highest BCUT2D eigenvalue weighted by Crippen LogP contribution is 2.23. The molecule has 9 heteroatoms. The van der Waals surface area contributed by atoms with Crippen LogP contribution in [0, 0.1) is 11.7 Å². The molecule has 2 saturated heterocycles. The molecule has 3 rings (SSSR count). The molecular weight excluding hydrogens is 502 g/mol. The van der Waals surface area contributed by atoms with Crippen LogP contribution in [0.4, 0.5) is 4.39 Å². The number of guanidine groups is 1. The summed E-state index contributed by atoms with van der Waals surface area (Å²) in [6.07, 6.45) is 1.51. The molecule has 0 saturated carbocycles. The second-order valence-corrected chi connectivity index (χ2v) is 7.43. The summed E-state index contributed by atoms with van der Waals surface area (Å²) in [6.45, 7) is 5.11. The SMILES string of the molecule is CN=C(NCC(c1cccc(F)c1)N1CCOCC1)N1CCC(C(=O)OC)CC1.I. The van der Waals surface area contributed by atoms with Gasteiger partial charge in [-0.1, -0.05) is 12.1 Å². The Hall–Kier alpha value is -1.46. The van der Waals surface area contributed by atoms with Gasteiger partial charge in [0.1, 0.15) is 5.82 Å². The van der Waals surface area contributed by atoms with E-state index in [2.05, 4.69) is 20.1 Å². The summed E-state index contributed by atoms with van der Waals surface area (Å²) in [5, 5.41) is 3.47. The minimum absolute atomic E-state index is 0. The number of benzene rings is 1. The van der Waals surface area contributed by atoms with E-state index in [0.717, 1.165) is 50.5 Å². The number of aliphatic imine (C=N–C) groups is 1. The van der Waals surface area contributed by atoms with Gasteiger partial charge >= 0.3 is 5.97 Å². The molecule has 1 unspecified atom stereocenters. The van der Waals surface area contributed by atoms with Crippen molar-refractivity contribution in [2.45, 2.75) is 18.9 Å². The number of likely N-dealkylation sites (tertiary alicyclic amines) is 1. The van der Waals surface area contributed by atoms with E-state index in [1.165, 1.54) is 13.2 Å². The normalized spacial score (nSPS) is 19.7. The first-order valence-electron chi connectivity index (χ1n) is 10.2. The van der Waals surface area contributed by atoms with Crippen molar-refractivity contribution in [1.29, 1.82) is 0 Å². The van der Waals surface area contributed by atoms with Crippen molar-refractivity contribution in [1.82, 2.24) is 15.1 Å². The molecule has 1 N–H and O–H groups in total. The number of methoxy groups -OCH3 is 1. The lowest BCUT2D eigenvalue weighted by Gasteiger charge is -2.37. The number of ether oxygens (including phenoxy) is 2. The first kappa shape index (κ1) is 24.8. The Morgan fingerprint density at radius 3 is 2.60 bits per heavy atom. The second kappa shape index (κ2) is 12.4. The molecule has 0 bridgehead atoms. The van der Waals surface area contributed by atoms with Gasteiger partial charge in [-0.3, -0.25) is 14.7 Å². The summed E-state index contributed by atoms with van der Waals surface area (Å²) >= 11 is 0. The summed E-state index contributed by atoms with van der Waals surface area (Å²) in [5.41, 5.74) is 0.944. The number of nitrogens with zero attached hydrogens (tertiary/aromatic N) is 3. The van der Waals surface area contributed by atoms with Crippen LogP contribution in [0.2, 0.25) is 0 Å². The Morgan fingerprint density at radius 1 is 1.30 bits per heavy atom. The lowest BCUT2D eigenvalue weighted by molar-refractivity contribution is -0.146. The standard InChI is InChI=1S/C21H31FN4O3.HI/c1-23-21(26-8-6-16(7-9-26)20(27)28-2)24-15-19(25-10-12-29-13-11-25)17-4-3-5-18(22)14-17;/h3-5,14,16,19H,6-13,15H2,1-2H3,(H,23,24);1H. The Balaban J connectivity index is 0.00000320. The fourth-order valence-corrected chi connectivity index (χ4v) is 4.07. The van der Waals surface area contributed by atoms with Crippen LogP contribution in [0.1, 0.15) is 24.4 Å². The van der Waals surface area contributed by atoms with Crippen LogP contribution < -0.4 is 5.32 Å². The number of nitrogens with one attached hydrogen (secondary N) is 1. The van der Waals surface area contributed by atoms with Crippen molar-refractivity contribution >= 4 is 35.9 Å². The monoisotopic (exact) mass is 534 g/mol. The topological polar surface area (TPSA) is 66.4 Å². The van der Waals surface area contributed by atoms with Crippen LogP contribution in [0.25, 0.3) is 0 Å². The Morgan fingerprint density at radius 2 is 2.00 bits per heavy atom. The summed E-state index contributed by atoms with van der Waals surface area (Å²) < 4.78 is 24.2. The van der Waals surface area contributed by atoms with Crippen LogP contribution in [0.5, 0.6) is 0 Å². The maximum absolute atomic E-state index is 13.8. The van der Waals surface area contributed by atoms with Crippen molar-refractivity contribution in [3.05, 3.63) is 35.6 Å². The van der Waals surface area contributed by atoms with Gasteiger partial charge in [0, 0.05) is 39.8 Å². The van der Waals surface area contributed by atoms with Crippen LogP contribution in [-0.2, 0) is 14.3 Å². The lowest BCUT2D eigenvalue weighted by Crippen LogP contribution is -2.49. The third kappa shape index (κ3) is 6.52. The lowest BCUT2D eigenvalue weighted by atomic mass is 9.97. The number of esters is 1. The number of hydrogen-bond acceptors (Lipinski definition) is 5. The van der Waals surface area contributed by atoms with Gasteiger partial charge in [-0.15, -0.1) is 24.0 Å². The molecule has 2 aliphatic heterocycles. The van der Waals surface area contributed by atoms with E-state index in [1.807, 2.05) is 6.07 Å². The molecule has 1 aromatic rings. The van der Waals surface area contributed by atoms with E-state index in [0.29, 0.717) is 19.8 Å². The number of carbonyl (C=O) groups is 1. The third-order valence-corrected chi connectivity index (χ3v) is 5.71. The molecule has 1 atom stereocenters. The van der Waals surface area contributed by atoms with Gasteiger partial charge in [-0.2, -0.15) is 0 Å². The zero-order chi connectivity index (χ0) is 20.6. The highest BCUT2D eigenvalue weighted by atomic mass is 127. The summed E-state index contributed by atoms with van der Waals surface area (Å²) in [6, 6.07) is 6.82. The first-order chi connectivity index (χ1) is 14.1. The van der Waals surface area contributed by atoms with E-state index in [1.54, 1.807) is 19.2 Å². The molecule has 7 nitrogen and oxygen atoms in total. The molecule has 0 radical (unpaired) electrons. The van der Waals surface area contributed by atoms with Crippen molar-refractivity contribution in [2.24, 2.45) is 10.9 Å². The fraction of sp³-hybridized carbons (Fsp3) is 0.619. The molecule has 2 heterocycles. The summed E-state index contributed by atoms with van der Waals surface area (Å²) in [4.78, 5) is 20.7. The van der Waals surface area contributed by atoms with Gasteiger partial charge in [0.05, 0.1) is 32.3 Å². The van der Waals surface area contributed by atoms with Crippen molar-refractivity contribution in [3.63, 3.8) is 0 Å². The minimum atomic E-state index is -0.227. The molecule has 168 valence electrons. The fourth-order valence-electron chi connectivity index (χ4n) is 4.07. The van der Waals surface area contributed by atoms with E-state index in [9.17, 15) is 9.18 Å². The van der Waals surface area contributed by atoms with Crippen LogP contribution in [-0.4, -0.2) is 81.8 Å². The summed E-state index contributed by atoms with van der Waals surface area (Å²) in [7, 11) is 3.20. The Kier molecular flexibility index (Phi) is 10.3. The average molecular weight is 534 g/mol. The molecule has 0 spiro atoms. The van der Waals surface area contributed by atoms with E-state index in [-0.39, 0.29) is 47.7 Å². The highest BCUT2D eigenvalue weighted by molar-refractivity contribution is 14.0. The molecule has 0 aromatic heterocycles. The van der Waals surface area contributed by atoms with Gasteiger partial charge in [0.2, 0.25) is 0 Å². The van der Waals surface area contributed by atoms with E-state index in [4.69, 9.17) is 9.47 Å². The quantitative estimate of drug-likeness (QED) is 0.271. The van der Waals surface area contributed by atoms with Crippen molar-refractivity contribution in [3.8, 4) is 0 Å². The number of rotatable bonds is 5. The largest absolute Gasteiger partial charge is 0.469 e. The Labute approximate surface area is 195 Å². The maximum Gasteiger partial charge on any atom is 0.308 e. The number of carbonyl (C=O) groups excluding carboxylic acids is 1. The molecule has 1 aromatic carbocycles. The van der Waals surface area contributed by atoms with Crippen molar-refractivity contribution < 1.29 is 18.7 Å². The minimum Gasteiger partial charge on any atom is -0.469 e. The number of piperidine rings is 1. The first-order valence-corrected chi connectivity index (χ1v) is 10.2. The summed E-state index contributed by atoms with van der Waals surface area (Å²) in [5.74, 6) is 0.409. The average Bonchev–Trinajstić information content (AvgIpc) is 2.77. The van der Waals surface area contributed by atoms with E-state index >= 15 is 0 Å². The maximum atomic E-state index is 13.8. The molecule has 2 fully saturated rings. The number of hydrogen-bond donors (Lipinski definition) is 1. The molecule has 2 aliphatic rings. The van der Waals surface area contributed by atoms with Gasteiger partial charge in [0.25, 0.3) is 0 Å². The molecule has 30 heavy (non-hydrogen) atoms. The van der Waals surface area contributed by atoms with Crippen molar-refractivity contribution in [2.75, 3.05) is 60.1 Å². The van der Waals surface area contributed by atoms with Gasteiger partial charge < -0.3 is 19.7 Å². The molecule has 0 aliphatic carbocycles. The highest BCUT2D eigenvalue weighted by Gasteiger charge is 2.28. The number of morpholine rings is 1. The predicted molar refractivity (Wildman–Crippen MR) is 125 cm³/mol. The van der Waals surface area contributed by atoms with E-state index < -0.39 is 0 Å². The van der Waals surface area contributed by atoms with Crippen LogP contribution in [0.15, 0.2) is 29.3 Å². The molecule has 0 amide bonds. The second-order valence-electron chi connectivity index (χ2n) is 7.43. The van der Waals surface area contributed by atoms with Gasteiger partial charge in [0.15, 0.2) is 5.96 Å². The van der Waals surface area contributed by atoms with Gasteiger partial charge in [-0.25, -0.2) is 4.39 Å². The third-order valence-electron chi connectivity index (χ3n) is 5.71. The zero-order valence-electron chi connectivity index (χ0n) is 17.7. The predicted octanol–water partition coefficient (Wildman–Crippen LogP) is 2.28. The molecular formula is C21H32FIN4O3. The number of halogens is 2. The zero-order valence-corrected chi connectivity index (χ0v) is 20.0. The van der Waals surface area contributed by atoms with Crippen LogP contribution >= 0.6 is 24.0 Å². The van der Waals surface area contributed by atoms with Crippen LogP contribution in [0.3, 0.4) is 0 Å². The Bertz CT molecular complexity index is 707.